The molecule has 0 saturated carbocycles. The van der Waals surface area contributed by atoms with E-state index in [0.717, 1.165) is 32.1 Å². The van der Waals surface area contributed by atoms with Crippen LogP contribution in [0.15, 0.2) is 36.5 Å². The molecule has 0 bridgehead atoms. The fraction of sp³-hybridized carbons (Fsp3) is 0.818. The number of rotatable bonds is 23. The summed E-state index contributed by atoms with van der Waals surface area (Å²) in [7, 11) is 0. The molecule has 0 aliphatic carbocycles. The molecule has 210 valence electrons. The first kappa shape index (κ1) is 33.1. The Morgan fingerprint density at radius 2 is 0.917 bits per heavy atom. The molecular formula is C33H60O3. The second-order valence-corrected chi connectivity index (χ2v) is 10.7. The van der Waals surface area contributed by atoms with Crippen LogP contribution in [0.3, 0.4) is 0 Å². The zero-order valence-corrected chi connectivity index (χ0v) is 24.2. The molecule has 3 nitrogen and oxygen atoms in total. The van der Waals surface area contributed by atoms with Gasteiger partial charge in [0.05, 0.1) is 6.10 Å². The van der Waals surface area contributed by atoms with Crippen LogP contribution in [0.1, 0.15) is 149 Å². The molecule has 0 spiro atoms. The first-order valence-electron chi connectivity index (χ1n) is 15.5. The summed E-state index contributed by atoms with van der Waals surface area (Å²) in [5, 5.41) is 10.9. The molecule has 1 aliphatic heterocycles. The Hall–Kier alpha value is -0.900. The van der Waals surface area contributed by atoms with E-state index in [2.05, 4.69) is 57.2 Å². The molecule has 1 rings (SSSR count). The molecule has 0 aromatic heterocycles. The van der Waals surface area contributed by atoms with E-state index in [1.54, 1.807) is 0 Å². The molecule has 0 aromatic carbocycles. The van der Waals surface area contributed by atoms with Gasteiger partial charge in [-0.05, 0) is 85.0 Å². The summed E-state index contributed by atoms with van der Waals surface area (Å²) in [5.41, 5.74) is 0. The van der Waals surface area contributed by atoms with Crippen LogP contribution in [0.2, 0.25) is 0 Å². The van der Waals surface area contributed by atoms with Gasteiger partial charge in [-0.1, -0.05) is 101 Å². The largest absolute Gasteiger partial charge is 0.368 e. The smallest absolute Gasteiger partial charge is 0.162 e. The van der Waals surface area contributed by atoms with Crippen LogP contribution in [0.25, 0.3) is 0 Å². The molecule has 1 N–H and O–H groups in total. The average molecular weight is 505 g/mol. The third-order valence-electron chi connectivity index (χ3n) is 7.50. The van der Waals surface area contributed by atoms with Gasteiger partial charge in [0.15, 0.2) is 12.6 Å². The van der Waals surface area contributed by atoms with E-state index in [9.17, 15) is 5.11 Å². The Bertz CT molecular complexity index is 553. The quantitative estimate of drug-likeness (QED) is 0.111. The highest BCUT2D eigenvalue weighted by atomic mass is 16.7. The normalized spacial score (nSPS) is 23.0. The number of hydrogen-bond donors (Lipinski definition) is 1. The summed E-state index contributed by atoms with van der Waals surface area (Å²) in [6.07, 6.45) is 36.5. The Balaban J connectivity index is 2.39. The number of unbranched alkanes of at least 4 members (excludes halogenated alkanes) is 14. The lowest BCUT2D eigenvalue weighted by Gasteiger charge is -2.40. The summed E-state index contributed by atoms with van der Waals surface area (Å²) in [6, 6.07) is 0. The first-order valence-corrected chi connectivity index (χ1v) is 15.5. The maximum absolute atomic E-state index is 10.9. The number of ether oxygens (including phenoxy) is 2. The Labute approximate surface area is 224 Å². The van der Waals surface area contributed by atoms with E-state index in [4.69, 9.17) is 9.47 Å². The van der Waals surface area contributed by atoms with E-state index in [-0.39, 0.29) is 18.3 Å². The van der Waals surface area contributed by atoms with Crippen LogP contribution >= 0.6 is 0 Å². The van der Waals surface area contributed by atoms with Crippen molar-refractivity contribution in [3.8, 4) is 0 Å². The molecule has 4 atom stereocenters. The van der Waals surface area contributed by atoms with Crippen molar-refractivity contribution in [2.75, 3.05) is 0 Å². The maximum Gasteiger partial charge on any atom is 0.162 e. The van der Waals surface area contributed by atoms with Gasteiger partial charge < -0.3 is 14.6 Å². The summed E-state index contributed by atoms with van der Waals surface area (Å²) in [6.45, 7) is 6.28. The molecule has 1 aliphatic rings. The van der Waals surface area contributed by atoms with Crippen molar-refractivity contribution in [2.45, 2.75) is 168 Å². The number of aliphatic hydroxyl groups excluding tert-OH is 1. The minimum Gasteiger partial charge on any atom is -0.368 e. The number of allylic oxidation sites excluding steroid dienone is 6. The highest BCUT2D eigenvalue weighted by molar-refractivity contribution is 4.80. The molecule has 1 heterocycles. The van der Waals surface area contributed by atoms with Gasteiger partial charge >= 0.3 is 0 Å². The highest BCUT2D eigenvalue weighted by Crippen LogP contribution is 2.33. The zero-order valence-electron chi connectivity index (χ0n) is 24.2. The van der Waals surface area contributed by atoms with Crippen molar-refractivity contribution in [1.82, 2.24) is 0 Å². The van der Waals surface area contributed by atoms with Crippen LogP contribution < -0.4 is 0 Å². The van der Waals surface area contributed by atoms with E-state index >= 15 is 0 Å². The highest BCUT2D eigenvalue weighted by Gasteiger charge is 2.37. The van der Waals surface area contributed by atoms with Crippen molar-refractivity contribution in [2.24, 2.45) is 5.92 Å². The van der Waals surface area contributed by atoms with E-state index in [1.165, 1.54) is 96.3 Å². The van der Waals surface area contributed by atoms with Crippen LogP contribution in [0.5, 0.6) is 0 Å². The third kappa shape index (κ3) is 17.5. The minimum atomic E-state index is -0.668. The van der Waals surface area contributed by atoms with Crippen molar-refractivity contribution >= 4 is 0 Å². The average Bonchev–Trinajstić information content (AvgIpc) is 2.87. The predicted octanol–water partition coefficient (Wildman–Crippen LogP) is 10.2. The Morgan fingerprint density at radius 1 is 0.500 bits per heavy atom. The molecule has 4 unspecified atom stereocenters. The van der Waals surface area contributed by atoms with Gasteiger partial charge in [0.1, 0.15) is 0 Å². The topological polar surface area (TPSA) is 38.7 Å². The van der Waals surface area contributed by atoms with Crippen LogP contribution in [0.4, 0.5) is 0 Å². The maximum atomic E-state index is 10.9. The van der Waals surface area contributed by atoms with E-state index in [1.807, 2.05) is 0 Å². The van der Waals surface area contributed by atoms with Crippen LogP contribution in [-0.2, 0) is 9.47 Å². The third-order valence-corrected chi connectivity index (χ3v) is 7.50. The van der Waals surface area contributed by atoms with Gasteiger partial charge in [-0.2, -0.15) is 0 Å². The molecule has 0 radical (unpaired) electrons. The van der Waals surface area contributed by atoms with Gasteiger partial charge in [-0.3, -0.25) is 0 Å². The number of aliphatic hydroxyl groups is 1. The molecule has 36 heavy (non-hydrogen) atoms. The summed E-state index contributed by atoms with van der Waals surface area (Å²) < 4.78 is 12.5. The second kappa shape index (κ2) is 24.4. The first-order chi connectivity index (χ1) is 17.7. The Kier molecular flexibility index (Phi) is 22.5. The van der Waals surface area contributed by atoms with Crippen molar-refractivity contribution < 1.29 is 14.6 Å². The van der Waals surface area contributed by atoms with Gasteiger partial charge in [0, 0.05) is 5.92 Å². The van der Waals surface area contributed by atoms with Crippen molar-refractivity contribution in [3.63, 3.8) is 0 Å². The fourth-order valence-electron chi connectivity index (χ4n) is 5.25. The minimum absolute atomic E-state index is 0.123. The Morgan fingerprint density at radius 3 is 1.42 bits per heavy atom. The van der Waals surface area contributed by atoms with Crippen LogP contribution in [-0.4, -0.2) is 23.8 Å². The van der Waals surface area contributed by atoms with E-state index < -0.39 is 6.29 Å². The zero-order chi connectivity index (χ0) is 26.1. The lowest BCUT2D eigenvalue weighted by atomic mass is 9.89. The lowest BCUT2D eigenvalue weighted by Crippen LogP contribution is -2.46. The number of hydrogen-bond acceptors (Lipinski definition) is 3. The van der Waals surface area contributed by atoms with Gasteiger partial charge in [0.25, 0.3) is 0 Å². The summed E-state index contributed by atoms with van der Waals surface area (Å²) in [4.78, 5) is 0. The monoisotopic (exact) mass is 504 g/mol. The lowest BCUT2D eigenvalue weighted by molar-refractivity contribution is -0.324. The predicted molar refractivity (Wildman–Crippen MR) is 156 cm³/mol. The van der Waals surface area contributed by atoms with Crippen molar-refractivity contribution in [1.29, 1.82) is 0 Å². The molecule has 3 heteroatoms. The van der Waals surface area contributed by atoms with E-state index in [0.29, 0.717) is 0 Å². The van der Waals surface area contributed by atoms with Crippen LogP contribution in [0, 0.1) is 5.92 Å². The second-order valence-electron chi connectivity index (χ2n) is 10.7. The van der Waals surface area contributed by atoms with Crippen molar-refractivity contribution in [3.05, 3.63) is 36.5 Å². The SMILES string of the molecule is CC=CCCCCCCCC1OC(O)C(CCCCCCC=CC)C(CCCCCCCC=CC)O1. The molecule has 0 aromatic rings. The molecule has 1 saturated heterocycles. The summed E-state index contributed by atoms with van der Waals surface area (Å²) in [5.74, 6) is 0.123. The van der Waals surface area contributed by atoms with Gasteiger partial charge in [-0.25, -0.2) is 0 Å². The summed E-state index contributed by atoms with van der Waals surface area (Å²) >= 11 is 0. The van der Waals surface area contributed by atoms with Gasteiger partial charge in [-0.15, -0.1) is 0 Å². The fourth-order valence-corrected chi connectivity index (χ4v) is 5.25. The molecular weight excluding hydrogens is 444 g/mol. The van der Waals surface area contributed by atoms with Gasteiger partial charge in [0.2, 0.25) is 0 Å². The standard InChI is InChI=1S/C33H60O3/c1-4-7-10-13-16-19-22-25-28-31-30(27-24-21-18-15-12-9-6-3)33(34)36-32(35-31)29-26-23-20-17-14-11-8-5-2/h4-9,30-34H,10-29H2,1-3H3. The molecule has 1 fully saturated rings. The molecule has 0 amide bonds.